The van der Waals surface area contributed by atoms with E-state index in [1.165, 1.54) is 11.9 Å². The number of aromatic nitrogens is 3. The van der Waals surface area contributed by atoms with E-state index in [4.69, 9.17) is 28.3 Å². The van der Waals surface area contributed by atoms with Crippen LogP contribution in [-0.4, -0.2) is 63.1 Å². The monoisotopic (exact) mass is 843 g/mol. The third-order valence-electron chi connectivity index (χ3n) is 13.0. The molecule has 63 heavy (non-hydrogen) atoms. The van der Waals surface area contributed by atoms with E-state index in [0.717, 1.165) is 55.5 Å². The van der Waals surface area contributed by atoms with Crippen LogP contribution in [-0.2, 0) is 32.8 Å². The number of nitrogens with one attached hydrogen (secondary N) is 4. The number of anilines is 1. The SMILES string of the molecule is CC(C)[C@@H]1NC(=O)[C@@H](NC(=O)[C@H](C(C)C)N(C)C(=O)OCc2ccccc2)Cc2ccc3c(c2)C24c5cccc(c5N[C@H]2O3)-c2cccc3[nH]cc(c23)-c2cnc(o2)-c2nc1oc24. The Kier molecular flexibility index (Phi) is 8.79. The summed E-state index contributed by atoms with van der Waals surface area (Å²) in [4.78, 5) is 57.2. The fourth-order valence-corrected chi connectivity index (χ4v) is 9.98. The van der Waals surface area contributed by atoms with E-state index in [0.29, 0.717) is 23.0 Å². The number of hydrogen-bond donors (Lipinski definition) is 4. The second kappa shape index (κ2) is 14.4. The lowest BCUT2D eigenvalue weighted by atomic mass is 9.72. The van der Waals surface area contributed by atoms with Crippen molar-refractivity contribution in [1.29, 1.82) is 0 Å². The van der Waals surface area contributed by atoms with Crippen LogP contribution in [0.5, 0.6) is 5.75 Å². The van der Waals surface area contributed by atoms with Gasteiger partial charge < -0.3 is 39.2 Å². The Bertz CT molecular complexity index is 2990. The van der Waals surface area contributed by atoms with Gasteiger partial charge in [0.1, 0.15) is 35.9 Å². The number of aromatic amines is 1. The standard InChI is InChI=1S/C49H45N7O7/c1-24(2)38-46-54-40-42(63-46)49-31-15-9-14-29(28-13-10-16-33-37(28)30(21-50-33)36-22-51-45(40)61-36)39(31)55-47(49)62-35-18-17-27(19-32(35)49)20-34(43(57)53-38)52-44(58)41(25(3)4)56(5)48(59)60-23-26-11-7-6-8-12-26/h6-19,21-22,24-25,34,38,41,47,50,55H,20,23H2,1-5H3,(H,52,58)(H,53,57)/t34-,38-,41-,47-,49?/m0/s1. The topological polar surface area (TPSA) is 177 Å². The molecule has 0 aliphatic carbocycles. The first-order valence-corrected chi connectivity index (χ1v) is 21.3. The van der Waals surface area contributed by atoms with E-state index in [-0.39, 0.29) is 36.6 Å². The van der Waals surface area contributed by atoms with Gasteiger partial charge in [0.15, 0.2) is 23.4 Å². The molecular weight excluding hydrogens is 799 g/mol. The molecule has 318 valence electrons. The summed E-state index contributed by atoms with van der Waals surface area (Å²) in [5.74, 6) is 0.683. The molecule has 1 unspecified atom stereocenters. The normalized spacial score (nSPS) is 20.5. The van der Waals surface area contributed by atoms with Crippen molar-refractivity contribution in [2.75, 3.05) is 12.4 Å². The van der Waals surface area contributed by atoms with Crippen LogP contribution < -0.4 is 20.7 Å². The van der Waals surface area contributed by atoms with Gasteiger partial charge in [-0.25, -0.2) is 14.8 Å². The Morgan fingerprint density at radius 1 is 0.937 bits per heavy atom. The molecule has 3 amide bonds. The molecule has 4 aliphatic rings. The van der Waals surface area contributed by atoms with Gasteiger partial charge in [-0.2, -0.15) is 0 Å². The van der Waals surface area contributed by atoms with Gasteiger partial charge in [0, 0.05) is 58.5 Å². The summed E-state index contributed by atoms with van der Waals surface area (Å²) in [5, 5.41) is 11.0. The summed E-state index contributed by atoms with van der Waals surface area (Å²) in [6.07, 6.45) is 2.44. The number of benzene rings is 4. The molecule has 14 heteroatoms. The predicted octanol–water partition coefficient (Wildman–Crippen LogP) is 8.08. The number of likely N-dealkylation sites (N-methyl/N-ethyl adjacent to an activating group) is 1. The first kappa shape index (κ1) is 38.6. The Hall–Kier alpha value is -7.35. The summed E-state index contributed by atoms with van der Waals surface area (Å²) in [6.45, 7) is 7.69. The number of fused-ring (bicyclic) bond motifs is 7. The number of oxazole rings is 2. The van der Waals surface area contributed by atoms with Crippen LogP contribution in [0, 0.1) is 11.8 Å². The molecule has 7 aromatic rings. The summed E-state index contributed by atoms with van der Waals surface area (Å²) in [6, 6.07) is 24.9. The highest BCUT2D eigenvalue weighted by atomic mass is 16.6. The lowest BCUT2D eigenvalue weighted by Gasteiger charge is -2.32. The first-order chi connectivity index (χ1) is 30.5. The number of H-pyrrole nitrogens is 1. The van der Waals surface area contributed by atoms with Crippen molar-refractivity contribution in [3.05, 3.63) is 131 Å². The Balaban J connectivity index is 1.05. The van der Waals surface area contributed by atoms with Crippen LogP contribution in [0.4, 0.5) is 10.5 Å². The van der Waals surface area contributed by atoms with Gasteiger partial charge in [0.25, 0.3) is 0 Å². The maximum Gasteiger partial charge on any atom is 0.410 e. The maximum atomic E-state index is 14.7. The highest BCUT2D eigenvalue weighted by Crippen LogP contribution is 2.61. The fourth-order valence-electron chi connectivity index (χ4n) is 9.98. The fraction of sp³-hybridized carbons (Fsp3) is 0.286. The molecule has 0 fully saturated rings. The first-order valence-electron chi connectivity index (χ1n) is 21.3. The average Bonchev–Trinajstić information content (AvgIpc) is 4.11. The molecule has 1 spiro atoms. The van der Waals surface area contributed by atoms with Crippen LogP contribution >= 0.6 is 0 Å². The van der Waals surface area contributed by atoms with Crippen LogP contribution in [0.3, 0.4) is 0 Å². The van der Waals surface area contributed by atoms with Crippen molar-refractivity contribution in [1.82, 2.24) is 30.5 Å². The van der Waals surface area contributed by atoms with Crippen molar-refractivity contribution < 1.29 is 32.7 Å². The third kappa shape index (κ3) is 5.87. The van der Waals surface area contributed by atoms with Gasteiger partial charge in [0.05, 0.1) is 6.20 Å². The predicted molar refractivity (Wildman–Crippen MR) is 233 cm³/mol. The van der Waals surface area contributed by atoms with Gasteiger partial charge in [-0.15, -0.1) is 0 Å². The summed E-state index contributed by atoms with van der Waals surface area (Å²) < 4.78 is 26.2. The van der Waals surface area contributed by atoms with Crippen LogP contribution in [0.2, 0.25) is 0 Å². The summed E-state index contributed by atoms with van der Waals surface area (Å²) in [7, 11) is 1.54. The summed E-state index contributed by atoms with van der Waals surface area (Å²) >= 11 is 0. The highest BCUT2D eigenvalue weighted by molar-refractivity contribution is 6.07. The quantitative estimate of drug-likeness (QED) is 0.123. The minimum Gasteiger partial charge on any atom is -0.469 e. The van der Waals surface area contributed by atoms with Gasteiger partial charge in [-0.1, -0.05) is 100 Å². The van der Waals surface area contributed by atoms with E-state index in [9.17, 15) is 14.4 Å². The minimum atomic E-state index is -1.10. The number of amides is 3. The molecule has 4 aliphatic heterocycles. The van der Waals surface area contributed by atoms with Gasteiger partial charge in [-0.05, 0) is 40.7 Å². The molecule has 4 N–H and O–H groups in total. The van der Waals surface area contributed by atoms with E-state index < -0.39 is 47.7 Å². The molecule has 0 radical (unpaired) electrons. The number of hydrogen-bond acceptors (Lipinski definition) is 10. The van der Waals surface area contributed by atoms with E-state index in [1.54, 1.807) is 6.20 Å². The van der Waals surface area contributed by atoms with Crippen molar-refractivity contribution in [3.8, 4) is 39.8 Å². The molecule has 5 atom stereocenters. The number of carbonyl (C=O) groups is 3. The van der Waals surface area contributed by atoms with E-state index in [2.05, 4.69) is 45.2 Å². The molecule has 14 nitrogen and oxygen atoms in total. The number of para-hydroxylation sites is 1. The Morgan fingerprint density at radius 3 is 2.56 bits per heavy atom. The second-order valence-electron chi connectivity index (χ2n) is 17.5. The summed E-state index contributed by atoms with van der Waals surface area (Å²) in [5.41, 5.74) is 7.25. The molecular formula is C49H45N7O7. The lowest BCUT2D eigenvalue weighted by molar-refractivity contribution is -0.133. The van der Waals surface area contributed by atoms with Gasteiger partial charge >= 0.3 is 6.09 Å². The van der Waals surface area contributed by atoms with E-state index in [1.807, 2.05) is 94.6 Å². The third-order valence-corrected chi connectivity index (χ3v) is 13.0. The zero-order chi connectivity index (χ0) is 43.3. The van der Waals surface area contributed by atoms with Crippen LogP contribution in [0.25, 0.3) is 44.9 Å². The zero-order valence-corrected chi connectivity index (χ0v) is 35.3. The molecule has 10 bridgehead atoms. The zero-order valence-electron chi connectivity index (χ0n) is 35.3. The largest absolute Gasteiger partial charge is 0.469 e. The van der Waals surface area contributed by atoms with E-state index >= 15 is 0 Å². The lowest BCUT2D eigenvalue weighted by Crippen LogP contribution is -2.56. The molecule has 3 aromatic heterocycles. The molecule has 7 heterocycles. The smallest absolute Gasteiger partial charge is 0.410 e. The van der Waals surface area contributed by atoms with Gasteiger partial charge in [-0.3, -0.25) is 14.5 Å². The number of nitrogens with zero attached hydrogens (tertiary/aromatic N) is 3. The van der Waals surface area contributed by atoms with Crippen LogP contribution in [0.1, 0.15) is 67.6 Å². The number of ether oxygens (including phenoxy) is 2. The minimum absolute atomic E-state index is 0.0505. The molecule has 4 aromatic carbocycles. The number of carbonyl (C=O) groups excluding carboxylic acids is 3. The second-order valence-corrected chi connectivity index (χ2v) is 17.5. The van der Waals surface area contributed by atoms with Crippen molar-refractivity contribution in [2.45, 2.75) is 70.5 Å². The van der Waals surface area contributed by atoms with Crippen molar-refractivity contribution in [3.63, 3.8) is 0 Å². The Labute approximate surface area is 362 Å². The maximum absolute atomic E-state index is 14.7. The molecule has 0 saturated carbocycles. The van der Waals surface area contributed by atoms with Crippen molar-refractivity contribution >= 4 is 34.5 Å². The van der Waals surface area contributed by atoms with Gasteiger partial charge in [0.2, 0.25) is 23.6 Å². The average molecular weight is 844 g/mol. The Morgan fingerprint density at radius 2 is 1.75 bits per heavy atom. The molecule has 0 saturated heterocycles. The number of rotatable bonds is 7. The van der Waals surface area contributed by atoms with Crippen LogP contribution in [0.15, 0.2) is 106 Å². The molecule has 11 rings (SSSR count). The highest BCUT2D eigenvalue weighted by Gasteiger charge is 2.61. The van der Waals surface area contributed by atoms with Crippen molar-refractivity contribution in [2.24, 2.45) is 11.8 Å².